The summed E-state index contributed by atoms with van der Waals surface area (Å²) < 4.78 is 11.2. The Balaban J connectivity index is 1.45. The van der Waals surface area contributed by atoms with Crippen molar-refractivity contribution in [2.75, 3.05) is 7.11 Å². The van der Waals surface area contributed by atoms with Crippen LogP contribution in [0.15, 0.2) is 77.9 Å². The lowest BCUT2D eigenvalue weighted by Crippen LogP contribution is -2.18. The Kier molecular flexibility index (Phi) is 7.36. The van der Waals surface area contributed by atoms with Gasteiger partial charge in [-0.05, 0) is 53.1 Å². The highest BCUT2D eigenvalue weighted by molar-refractivity contribution is 6.37. The molecular weight excluding hydrogens is 471 g/mol. The summed E-state index contributed by atoms with van der Waals surface area (Å²) in [5, 5.41) is 6.66. The van der Waals surface area contributed by atoms with Crippen LogP contribution in [0.1, 0.15) is 27.0 Å². The second-order valence-electron chi connectivity index (χ2n) is 7.69. The number of nitrogens with one attached hydrogen (secondary N) is 1. The predicted octanol–water partition coefficient (Wildman–Crippen LogP) is 6.81. The van der Waals surface area contributed by atoms with Crippen molar-refractivity contribution < 1.29 is 14.3 Å². The fourth-order valence-electron chi connectivity index (χ4n) is 3.54. The summed E-state index contributed by atoms with van der Waals surface area (Å²) >= 11 is 12.8. The van der Waals surface area contributed by atoms with E-state index in [1.54, 1.807) is 18.2 Å². The fourth-order valence-corrected chi connectivity index (χ4v) is 4.15. The number of nitrogens with zero attached hydrogens (tertiary/aromatic N) is 1. The number of rotatable bonds is 7. The van der Waals surface area contributed by atoms with Gasteiger partial charge in [0.25, 0.3) is 5.91 Å². The van der Waals surface area contributed by atoms with Gasteiger partial charge in [0, 0.05) is 0 Å². The smallest absolute Gasteiger partial charge is 0.275 e. The molecule has 0 fully saturated rings. The second kappa shape index (κ2) is 10.6. The highest BCUT2D eigenvalue weighted by Crippen LogP contribution is 2.34. The first-order chi connectivity index (χ1) is 16.4. The molecule has 0 radical (unpaired) electrons. The Morgan fingerprint density at radius 3 is 2.35 bits per heavy atom. The Morgan fingerprint density at radius 2 is 1.68 bits per heavy atom. The molecule has 172 valence electrons. The minimum atomic E-state index is -0.394. The summed E-state index contributed by atoms with van der Waals surface area (Å²) in [5.74, 6) is 0.466. The monoisotopic (exact) mass is 492 g/mol. The molecule has 0 saturated heterocycles. The van der Waals surface area contributed by atoms with Crippen molar-refractivity contribution in [3.63, 3.8) is 0 Å². The molecule has 0 saturated carbocycles. The van der Waals surface area contributed by atoms with Crippen LogP contribution in [0.4, 0.5) is 0 Å². The lowest BCUT2D eigenvalue weighted by molar-refractivity contribution is 0.0952. The van der Waals surface area contributed by atoms with E-state index in [0.29, 0.717) is 39.3 Å². The molecule has 0 atom stereocenters. The maximum absolute atomic E-state index is 12.7. The number of fused-ring (bicyclic) bond motifs is 1. The van der Waals surface area contributed by atoms with Crippen LogP contribution in [0.25, 0.3) is 10.8 Å². The predicted molar refractivity (Wildman–Crippen MR) is 138 cm³/mol. The minimum absolute atomic E-state index is 0.345. The number of methoxy groups -OCH3 is 1. The number of aryl methyl sites for hydroxylation is 1. The number of carbonyl (C=O) groups is 1. The maximum Gasteiger partial charge on any atom is 0.275 e. The van der Waals surface area contributed by atoms with E-state index in [1.165, 1.54) is 13.3 Å². The maximum atomic E-state index is 12.7. The molecule has 4 aromatic carbocycles. The van der Waals surface area contributed by atoms with Gasteiger partial charge < -0.3 is 9.47 Å². The summed E-state index contributed by atoms with van der Waals surface area (Å²) in [6, 6.07) is 22.7. The van der Waals surface area contributed by atoms with Crippen LogP contribution in [-0.4, -0.2) is 19.2 Å². The third-order valence-corrected chi connectivity index (χ3v) is 5.74. The van der Waals surface area contributed by atoms with Crippen molar-refractivity contribution in [2.24, 2.45) is 5.10 Å². The summed E-state index contributed by atoms with van der Waals surface area (Å²) in [4.78, 5) is 12.7. The molecule has 5 nitrogen and oxygen atoms in total. The molecule has 0 aromatic heterocycles. The van der Waals surface area contributed by atoms with E-state index in [1.807, 2.05) is 61.5 Å². The molecule has 0 bridgehead atoms. The normalized spacial score (nSPS) is 11.1. The second-order valence-corrected chi connectivity index (χ2v) is 8.50. The zero-order chi connectivity index (χ0) is 24.1. The van der Waals surface area contributed by atoms with Crippen LogP contribution in [-0.2, 0) is 6.61 Å². The molecule has 0 aliphatic carbocycles. The average molecular weight is 493 g/mol. The van der Waals surface area contributed by atoms with Gasteiger partial charge >= 0.3 is 0 Å². The number of hydrogen-bond donors (Lipinski definition) is 1. The molecule has 7 heteroatoms. The van der Waals surface area contributed by atoms with Crippen LogP contribution < -0.4 is 14.9 Å². The molecule has 0 spiro atoms. The molecule has 0 aliphatic heterocycles. The van der Waals surface area contributed by atoms with Gasteiger partial charge in [-0.2, -0.15) is 5.10 Å². The summed E-state index contributed by atoms with van der Waals surface area (Å²) in [6.45, 7) is 2.37. The summed E-state index contributed by atoms with van der Waals surface area (Å²) in [5.41, 5.74) is 5.69. The number of ether oxygens (including phenoxy) is 2. The molecule has 4 aromatic rings. The standard InChI is InChI=1S/C27H22Cl2N2O3/c1-17-6-5-7-18(10-17)16-34-26-23(28)11-19(12-24(26)29)15-30-31-27(32)22-13-20-8-3-4-9-21(20)14-25(22)33-2/h3-15H,16H2,1-2H3,(H,31,32)/b30-15-. The Bertz CT molecular complexity index is 1360. The van der Waals surface area contributed by atoms with Crippen LogP contribution >= 0.6 is 23.2 Å². The molecule has 1 N–H and O–H groups in total. The lowest BCUT2D eigenvalue weighted by atomic mass is 10.1. The van der Waals surface area contributed by atoms with Crippen molar-refractivity contribution in [1.82, 2.24) is 5.43 Å². The molecule has 0 unspecified atom stereocenters. The van der Waals surface area contributed by atoms with Gasteiger partial charge in [0.05, 0.1) is 28.9 Å². The van der Waals surface area contributed by atoms with E-state index in [-0.39, 0.29) is 0 Å². The number of benzene rings is 4. The van der Waals surface area contributed by atoms with Gasteiger partial charge in [-0.15, -0.1) is 0 Å². The van der Waals surface area contributed by atoms with Gasteiger partial charge in [0.1, 0.15) is 12.4 Å². The van der Waals surface area contributed by atoms with Crippen LogP contribution in [0.2, 0.25) is 10.0 Å². The highest BCUT2D eigenvalue weighted by atomic mass is 35.5. The topological polar surface area (TPSA) is 59.9 Å². The highest BCUT2D eigenvalue weighted by Gasteiger charge is 2.14. The lowest BCUT2D eigenvalue weighted by Gasteiger charge is -2.11. The van der Waals surface area contributed by atoms with Crippen LogP contribution in [0, 0.1) is 6.92 Å². The molecular formula is C27H22Cl2N2O3. The molecule has 0 aliphatic rings. The number of carbonyl (C=O) groups excluding carboxylic acids is 1. The summed E-state index contributed by atoms with van der Waals surface area (Å²) in [6.07, 6.45) is 1.47. The van der Waals surface area contributed by atoms with E-state index in [9.17, 15) is 4.79 Å². The van der Waals surface area contributed by atoms with Gasteiger partial charge in [0.2, 0.25) is 0 Å². The van der Waals surface area contributed by atoms with Gasteiger partial charge in [-0.1, -0.05) is 77.3 Å². The molecule has 0 heterocycles. The molecule has 4 rings (SSSR count). The van der Waals surface area contributed by atoms with Crippen molar-refractivity contribution in [3.8, 4) is 11.5 Å². The third-order valence-electron chi connectivity index (χ3n) is 5.18. The summed E-state index contributed by atoms with van der Waals surface area (Å²) in [7, 11) is 1.52. The van der Waals surface area contributed by atoms with E-state index < -0.39 is 5.91 Å². The van der Waals surface area contributed by atoms with Crippen LogP contribution in [0.5, 0.6) is 11.5 Å². The van der Waals surface area contributed by atoms with E-state index >= 15 is 0 Å². The van der Waals surface area contributed by atoms with E-state index in [0.717, 1.165) is 21.9 Å². The largest absolute Gasteiger partial charge is 0.496 e. The quantitative estimate of drug-likeness (QED) is 0.227. The van der Waals surface area contributed by atoms with Gasteiger partial charge in [0.15, 0.2) is 5.75 Å². The zero-order valence-corrected chi connectivity index (χ0v) is 20.2. The Morgan fingerprint density at radius 1 is 0.971 bits per heavy atom. The van der Waals surface area contributed by atoms with Crippen molar-refractivity contribution in [3.05, 3.63) is 105 Å². The fraction of sp³-hybridized carbons (Fsp3) is 0.111. The first-order valence-electron chi connectivity index (χ1n) is 10.5. The number of amides is 1. The Hall–Kier alpha value is -3.54. The van der Waals surface area contributed by atoms with Crippen molar-refractivity contribution >= 4 is 46.1 Å². The number of halogens is 2. The third kappa shape index (κ3) is 5.50. The average Bonchev–Trinajstić information content (AvgIpc) is 2.82. The van der Waals surface area contributed by atoms with Gasteiger partial charge in [-0.3, -0.25) is 4.79 Å². The minimum Gasteiger partial charge on any atom is -0.496 e. The SMILES string of the molecule is COc1cc2ccccc2cc1C(=O)N/N=C\c1cc(Cl)c(OCc2cccc(C)c2)c(Cl)c1. The van der Waals surface area contributed by atoms with Crippen molar-refractivity contribution in [2.45, 2.75) is 13.5 Å². The Labute approximate surface area is 207 Å². The van der Waals surface area contributed by atoms with Gasteiger partial charge in [-0.25, -0.2) is 5.43 Å². The van der Waals surface area contributed by atoms with Crippen molar-refractivity contribution in [1.29, 1.82) is 0 Å². The first-order valence-corrected chi connectivity index (χ1v) is 11.3. The zero-order valence-electron chi connectivity index (χ0n) is 18.6. The number of hydrogen-bond acceptors (Lipinski definition) is 4. The molecule has 34 heavy (non-hydrogen) atoms. The molecule has 1 amide bonds. The van der Waals surface area contributed by atoms with E-state index in [2.05, 4.69) is 10.5 Å². The van der Waals surface area contributed by atoms with E-state index in [4.69, 9.17) is 32.7 Å². The first kappa shape index (κ1) is 23.6. The number of hydrazone groups is 1. The van der Waals surface area contributed by atoms with Crippen LogP contribution in [0.3, 0.4) is 0 Å².